The third-order valence-corrected chi connectivity index (χ3v) is 3.46. The molecule has 0 spiro atoms. The molecule has 112 valence electrons. The van der Waals surface area contributed by atoms with E-state index in [2.05, 4.69) is 15.3 Å². The highest BCUT2D eigenvalue weighted by Gasteiger charge is 2.11. The van der Waals surface area contributed by atoms with E-state index in [-0.39, 0.29) is 11.3 Å². The molecule has 0 aliphatic carbocycles. The highest BCUT2D eigenvalue weighted by atomic mass is 16.3. The Bertz CT molecular complexity index is 885. The SMILES string of the molecule is CCNc1ncc2cc(-c3ccc(O)cc3)c(=O)n(C)c2n1. The van der Waals surface area contributed by atoms with Crippen molar-refractivity contribution in [1.29, 1.82) is 0 Å². The number of anilines is 1. The van der Waals surface area contributed by atoms with Crippen molar-refractivity contribution in [3.05, 3.63) is 46.9 Å². The smallest absolute Gasteiger partial charge is 0.259 e. The number of nitrogens with one attached hydrogen (secondary N) is 1. The Labute approximate surface area is 127 Å². The minimum absolute atomic E-state index is 0.140. The molecule has 22 heavy (non-hydrogen) atoms. The van der Waals surface area contributed by atoms with Gasteiger partial charge in [-0.15, -0.1) is 0 Å². The molecule has 6 heteroatoms. The number of fused-ring (bicyclic) bond motifs is 1. The maximum Gasteiger partial charge on any atom is 0.259 e. The average molecular weight is 296 g/mol. The molecule has 0 unspecified atom stereocenters. The van der Waals surface area contributed by atoms with Crippen molar-refractivity contribution in [2.24, 2.45) is 7.05 Å². The van der Waals surface area contributed by atoms with Crippen molar-refractivity contribution in [2.75, 3.05) is 11.9 Å². The van der Waals surface area contributed by atoms with Crippen LogP contribution in [-0.4, -0.2) is 26.2 Å². The van der Waals surface area contributed by atoms with Crippen molar-refractivity contribution in [3.63, 3.8) is 0 Å². The zero-order valence-corrected chi connectivity index (χ0v) is 12.4. The van der Waals surface area contributed by atoms with E-state index in [4.69, 9.17) is 0 Å². The Morgan fingerprint density at radius 1 is 1.27 bits per heavy atom. The summed E-state index contributed by atoms with van der Waals surface area (Å²) >= 11 is 0. The lowest BCUT2D eigenvalue weighted by atomic mass is 10.1. The minimum Gasteiger partial charge on any atom is -0.508 e. The van der Waals surface area contributed by atoms with Gasteiger partial charge in [-0.2, -0.15) is 4.98 Å². The van der Waals surface area contributed by atoms with E-state index in [1.807, 2.05) is 6.92 Å². The molecule has 0 saturated carbocycles. The maximum absolute atomic E-state index is 12.6. The van der Waals surface area contributed by atoms with Crippen LogP contribution < -0.4 is 10.9 Å². The number of hydrogen-bond acceptors (Lipinski definition) is 5. The molecule has 3 rings (SSSR count). The van der Waals surface area contributed by atoms with E-state index in [9.17, 15) is 9.90 Å². The van der Waals surface area contributed by atoms with Gasteiger partial charge in [0.1, 0.15) is 11.4 Å². The second-order valence-corrected chi connectivity index (χ2v) is 4.97. The lowest BCUT2D eigenvalue weighted by molar-refractivity contribution is 0.475. The number of phenols is 1. The second kappa shape index (κ2) is 5.48. The fourth-order valence-corrected chi connectivity index (χ4v) is 2.34. The van der Waals surface area contributed by atoms with Crippen LogP contribution in [0.2, 0.25) is 0 Å². The van der Waals surface area contributed by atoms with E-state index in [0.29, 0.717) is 23.7 Å². The zero-order valence-electron chi connectivity index (χ0n) is 12.4. The lowest BCUT2D eigenvalue weighted by Crippen LogP contribution is -2.20. The molecule has 0 radical (unpaired) electrons. The maximum atomic E-state index is 12.6. The largest absolute Gasteiger partial charge is 0.508 e. The van der Waals surface area contributed by atoms with E-state index in [1.54, 1.807) is 43.6 Å². The molecule has 2 heterocycles. The highest BCUT2D eigenvalue weighted by molar-refractivity contribution is 5.81. The summed E-state index contributed by atoms with van der Waals surface area (Å²) in [6.45, 7) is 2.67. The zero-order chi connectivity index (χ0) is 15.7. The summed E-state index contributed by atoms with van der Waals surface area (Å²) in [4.78, 5) is 21.2. The molecule has 0 saturated heterocycles. The fourth-order valence-electron chi connectivity index (χ4n) is 2.34. The van der Waals surface area contributed by atoms with Crippen LogP contribution in [0, 0.1) is 0 Å². The van der Waals surface area contributed by atoms with Gasteiger partial charge >= 0.3 is 0 Å². The van der Waals surface area contributed by atoms with Crippen molar-refractivity contribution in [2.45, 2.75) is 6.92 Å². The number of aromatic hydroxyl groups is 1. The van der Waals surface area contributed by atoms with Crippen LogP contribution in [0.1, 0.15) is 6.92 Å². The van der Waals surface area contributed by atoms with Gasteiger partial charge in [0.15, 0.2) is 0 Å². The molecule has 2 aromatic heterocycles. The number of hydrogen-bond donors (Lipinski definition) is 2. The van der Waals surface area contributed by atoms with Crippen LogP contribution in [0.3, 0.4) is 0 Å². The van der Waals surface area contributed by atoms with Crippen LogP contribution in [0.4, 0.5) is 5.95 Å². The lowest BCUT2D eigenvalue weighted by Gasteiger charge is -2.09. The molecule has 0 atom stereocenters. The van der Waals surface area contributed by atoms with Crippen LogP contribution in [0.15, 0.2) is 41.3 Å². The number of aryl methyl sites for hydroxylation is 1. The number of pyridine rings is 1. The van der Waals surface area contributed by atoms with Gasteiger partial charge in [0.2, 0.25) is 5.95 Å². The molecular formula is C16H16N4O2. The van der Waals surface area contributed by atoms with E-state index < -0.39 is 0 Å². The third kappa shape index (κ3) is 2.39. The first-order valence-corrected chi connectivity index (χ1v) is 7.00. The molecule has 0 aliphatic heterocycles. The van der Waals surface area contributed by atoms with Crippen LogP contribution >= 0.6 is 0 Å². The number of nitrogens with zero attached hydrogens (tertiary/aromatic N) is 3. The van der Waals surface area contributed by atoms with Crippen LogP contribution in [0.25, 0.3) is 22.2 Å². The summed E-state index contributed by atoms with van der Waals surface area (Å²) < 4.78 is 1.51. The first-order valence-electron chi connectivity index (χ1n) is 7.00. The molecule has 3 aromatic rings. The number of rotatable bonds is 3. The first kappa shape index (κ1) is 14.1. The monoisotopic (exact) mass is 296 g/mol. The molecule has 0 fully saturated rings. The summed E-state index contributed by atoms with van der Waals surface area (Å²) in [6, 6.07) is 8.32. The Morgan fingerprint density at radius 2 is 2.00 bits per heavy atom. The van der Waals surface area contributed by atoms with E-state index in [1.165, 1.54) is 4.57 Å². The number of benzene rings is 1. The molecular weight excluding hydrogens is 280 g/mol. The average Bonchev–Trinajstić information content (AvgIpc) is 2.52. The van der Waals surface area contributed by atoms with Gasteiger partial charge in [-0.25, -0.2) is 4.98 Å². The van der Waals surface area contributed by atoms with Crippen molar-refractivity contribution in [3.8, 4) is 16.9 Å². The third-order valence-electron chi connectivity index (χ3n) is 3.46. The van der Waals surface area contributed by atoms with Gasteiger partial charge < -0.3 is 10.4 Å². The predicted molar refractivity (Wildman–Crippen MR) is 86.0 cm³/mol. The summed E-state index contributed by atoms with van der Waals surface area (Å²) in [5.41, 5.74) is 1.74. The minimum atomic E-state index is -0.140. The Hall–Kier alpha value is -2.89. The van der Waals surface area contributed by atoms with Gasteiger partial charge in [-0.1, -0.05) is 12.1 Å². The Balaban J connectivity index is 2.21. The summed E-state index contributed by atoms with van der Waals surface area (Å²) in [5, 5.41) is 13.2. The number of phenolic OH excluding ortho intramolecular Hbond substituents is 1. The Kier molecular flexibility index (Phi) is 3.50. The molecule has 0 aliphatic rings. The van der Waals surface area contributed by atoms with Crippen LogP contribution in [-0.2, 0) is 7.05 Å². The van der Waals surface area contributed by atoms with Crippen molar-refractivity contribution in [1.82, 2.24) is 14.5 Å². The normalized spacial score (nSPS) is 10.8. The first-order chi connectivity index (χ1) is 10.6. The van der Waals surface area contributed by atoms with Gasteiger partial charge in [0.05, 0.1) is 0 Å². The molecule has 2 N–H and O–H groups in total. The predicted octanol–water partition coefficient (Wildman–Crippen LogP) is 2.13. The van der Waals surface area contributed by atoms with Gasteiger partial charge in [-0.05, 0) is 30.7 Å². The van der Waals surface area contributed by atoms with Gasteiger partial charge in [0, 0.05) is 30.7 Å². The van der Waals surface area contributed by atoms with Gasteiger partial charge in [-0.3, -0.25) is 9.36 Å². The topological polar surface area (TPSA) is 80.0 Å². The second-order valence-electron chi connectivity index (χ2n) is 4.97. The fraction of sp³-hybridized carbons (Fsp3) is 0.188. The number of aromatic nitrogens is 3. The van der Waals surface area contributed by atoms with Gasteiger partial charge in [0.25, 0.3) is 5.56 Å². The summed E-state index contributed by atoms with van der Waals surface area (Å²) in [7, 11) is 1.69. The highest BCUT2D eigenvalue weighted by Crippen LogP contribution is 2.22. The summed E-state index contributed by atoms with van der Waals surface area (Å²) in [6.07, 6.45) is 1.70. The molecule has 1 aromatic carbocycles. The Morgan fingerprint density at radius 3 is 2.68 bits per heavy atom. The quantitative estimate of drug-likeness (QED) is 0.774. The van der Waals surface area contributed by atoms with Crippen LogP contribution in [0.5, 0.6) is 5.75 Å². The van der Waals surface area contributed by atoms with Crippen molar-refractivity contribution < 1.29 is 5.11 Å². The molecule has 0 amide bonds. The van der Waals surface area contributed by atoms with Crippen molar-refractivity contribution >= 4 is 17.0 Å². The standard InChI is InChI=1S/C16H16N4O2/c1-3-17-16-18-9-11-8-13(10-4-6-12(21)7-5-10)15(22)20(2)14(11)19-16/h4-9,21H,3H2,1-2H3,(H,17,18,19). The molecule has 0 bridgehead atoms. The summed E-state index contributed by atoms with van der Waals surface area (Å²) in [5.74, 6) is 0.669. The molecule has 6 nitrogen and oxygen atoms in total. The van der Waals surface area contributed by atoms with E-state index in [0.717, 1.165) is 10.9 Å². The van der Waals surface area contributed by atoms with E-state index >= 15 is 0 Å².